The fraction of sp³-hybridized carbons (Fsp3) is 0.333. The van der Waals surface area contributed by atoms with Crippen molar-refractivity contribution in [2.75, 3.05) is 26.4 Å². The Kier molecular flexibility index (Phi) is 4.51. The fourth-order valence-electron chi connectivity index (χ4n) is 1.40. The third-order valence-corrected chi connectivity index (χ3v) is 2.39. The SMILES string of the molecule is CNC(=O)CN(C)C(=O)Cc1cccc(N)c1. The molecule has 5 heteroatoms. The quantitative estimate of drug-likeness (QED) is 0.722. The van der Waals surface area contributed by atoms with Gasteiger partial charge < -0.3 is 16.0 Å². The number of hydrogen-bond acceptors (Lipinski definition) is 3. The first-order chi connectivity index (χ1) is 8.02. The van der Waals surface area contributed by atoms with Gasteiger partial charge in [-0.2, -0.15) is 0 Å². The van der Waals surface area contributed by atoms with Crippen molar-refractivity contribution in [3.8, 4) is 0 Å². The molecule has 0 radical (unpaired) electrons. The van der Waals surface area contributed by atoms with Crippen LogP contribution in [0.15, 0.2) is 24.3 Å². The number of hydrogen-bond donors (Lipinski definition) is 2. The molecule has 0 saturated heterocycles. The Bertz CT molecular complexity index is 418. The van der Waals surface area contributed by atoms with Gasteiger partial charge in [-0.1, -0.05) is 12.1 Å². The van der Waals surface area contributed by atoms with Crippen molar-refractivity contribution in [2.45, 2.75) is 6.42 Å². The molecule has 0 aliphatic rings. The Morgan fingerprint density at radius 2 is 2.12 bits per heavy atom. The summed E-state index contributed by atoms with van der Waals surface area (Å²) in [6.07, 6.45) is 0.249. The molecule has 0 fully saturated rings. The second-order valence-electron chi connectivity index (χ2n) is 3.84. The van der Waals surface area contributed by atoms with E-state index in [-0.39, 0.29) is 24.8 Å². The number of carbonyl (C=O) groups is 2. The van der Waals surface area contributed by atoms with Crippen LogP contribution in [0.3, 0.4) is 0 Å². The van der Waals surface area contributed by atoms with E-state index in [0.717, 1.165) is 5.56 Å². The summed E-state index contributed by atoms with van der Waals surface area (Å²) in [5.74, 6) is -0.298. The molecule has 0 atom stereocenters. The van der Waals surface area contributed by atoms with Crippen LogP contribution in [0.4, 0.5) is 5.69 Å². The number of nitrogen functional groups attached to an aromatic ring is 1. The van der Waals surface area contributed by atoms with Gasteiger partial charge in [0.2, 0.25) is 11.8 Å². The smallest absolute Gasteiger partial charge is 0.239 e. The van der Waals surface area contributed by atoms with Crippen LogP contribution < -0.4 is 11.1 Å². The van der Waals surface area contributed by atoms with Crippen molar-refractivity contribution in [3.05, 3.63) is 29.8 Å². The van der Waals surface area contributed by atoms with E-state index in [0.29, 0.717) is 5.69 Å². The molecule has 0 spiro atoms. The molecule has 0 aromatic heterocycles. The van der Waals surface area contributed by atoms with Gasteiger partial charge >= 0.3 is 0 Å². The van der Waals surface area contributed by atoms with Gasteiger partial charge in [0.15, 0.2) is 0 Å². The summed E-state index contributed by atoms with van der Waals surface area (Å²) < 4.78 is 0. The predicted molar refractivity (Wildman–Crippen MR) is 66.3 cm³/mol. The van der Waals surface area contributed by atoms with E-state index >= 15 is 0 Å². The van der Waals surface area contributed by atoms with E-state index in [1.54, 1.807) is 32.3 Å². The van der Waals surface area contributed by atoms with Crippen LogP contribution in [0.1, 0.15) is 5.56 Å². The average molecular weight is 235 g/mol. The van der Waals surface area contributed by atoms with Crippen molar-refractivity contribution in [3.63, 3.8) is 0 Å². The van der Waals surface area contributed by atoms with Crippen LogP contribution >= 0.6 is 0 Å². The molecule has 2 amide bonds. The Labute approximate surface area is 101 Å². The topological polar surface area (TPSA) is 75.4 Å². The van der Waals surface area contributed by atoms with Gasteiger partial charge in [-0.25, -0.2) is 0 Å². The minimum atomic E-state index is -0.187. The molecule has 0 aliphatic heterocycles. The highest BCUT2D eigenvalue weighted by atomic mass is 16.2. The van der Waals surface area contributed by atoms with Crippen LogP contribution in [0.5, 0.6) is 0 Å². The summed E-state index contributed by atoms with van der Waals surface area (Å²) in [5, 5.41) is 2.47. The van der Waals surface area contributed by atoms with Crippen molar-refractivity contribution in [1.29, 1.82) is 0 Å². The molecular formula is C12H17N3O2. The molecule has 3 N–H and O–H groups in total. The number of nitrogens with two attached hydrogens (primary N) is 1. The lowest BCUT2D eigenvalue weighted by atomic mass is 10.1. The van der Waals surface area contributed by atoms with Crippen LogP contribution in [0.25, 0.3) is 0 Å². The molecule has 0 saturated carbocycles. The van der Waals surface area contributed by atoms with Gasteiger partial charge in [-0.15, -0.1) is 0 Å². The maximum absolute atomic E-state index is 11.8. The highest BCUT2D eigenvalue weighted by Crippen LogP contribution is 2.08. The standard InChI is InChI=1S/C12H17N3O2/c1-14-11(16)8-15(2)12(17)7-9-4-3-5-10(13)6-9/h3-6H,7-8,13H2,1-2H3,(H,14,16). The maximum atomic E-state index is 11.8. The largest absolute Gasteiger partial charge is 0.399 e. The third-order valence-electron chi connectivity index (χ3n) is 2.39. The fourth-order valence-corrected chi connectivity index (χ4v) is 1.40. The van der Waals surface area contributed by atoms with Crippen LogP contribution in [-0.2, 0) is 16.0 Å². The van der Waals surface area contributed by atoms with E-state index in [2.05, 4.69) is 5.32 Å². The second kappa shape index (κ2) is 5.89. The van der Waals surface area contributed by atoms with E-state index in [1.807, 2.05) is 6.07 Å². The number of benzene rings is 1. The highest BCUT2D eigenvalue weighted by Gasteiger charge is 2.12. The van der Waals surface area contributed by atoms with Gasteiger partial charge in [0.25, 0.3) is 0 Å². The van der Waals surface area contributed by atoms with Crippen molar-refractivity contribution in [1.82, 2.24) is 10.2 Å². The Morgan fingerprint density at radius 3 is 2.71 bits per heavy atom. The molecule has 1 aromatic carbocycles. The van der Waals surface area contributed by atoms with Gasteiger partial charge in [-0.05, 0) is 17.7 Å². The minimum absolute atomic E-state index is 0.0671. The zero-order valence-electron chi connectivity index (χ0n) is 10.1. The molecule has 0 aliphatic carbocycles. The summed E-state index contributed by atoms with van der Waals surface area (Å²) in [4.78, 5) is 24.3. The zero-order valence-corrected chi connectivity index (χ0v) is 10.1. The van der Waals surface area contributed by atoms with E-state index < -0.39 is 0 Å². The number of nitrogens with one attached hydrogen (secondary N) is 1. The lowest BCUT2D eigenvalue weighted by Crippen LogP contribution is -2.37. The molecule has 17 heavy (non-hydrogen) atoms. The Morgan fingerprint density at radius 1 is 1.41 bits per heavy atom. The van der Waals surface area contributed by atoms with Crippen molar-refractivity contribution in [2.24, 2.45) is 0 Å². The molecule has 1 aromatic rings. The maximum Gasteiger partial charge on any atom is 0.239 e. The van der Waals surface area contributed by atoms with E-state index in [1.165, 1.54) is 4.90 Å². The number of carbonyl (C=O) groups excluding carboxylic acids is 2. The van der Waals surface area contributed by atoms with Crippen LogP contribution in [0.2, 0.25) is 0 Å². The van der Waals surface area contributed by atoms with Crippen LogP contribution in [-0.4, -0.2) is 37.4 Å². The monoisotopic (exact) mass is 235 g/mol. The van der Waals surface area contributed by atoms with Crippen molar-refractivity contribution < 1.29 is 9.59 Å². The molecule has 92 valence electrons. The van der Waals surface area contributed by atoms with Gasteiger partial charge in [0, 0.05) is 19.8 Å². The van der Waals surface area contributed by atoms with E-state index in [9.17, 15) is 9.59 Å². The average Bonchev–Trinajstić information content (AvgIpc) is 2.28. The summed E-state index contributed by atoms with van der Waals surface area (Å²) >= 11 is 0. The Hall–Kier alpha value is -2.04. The minimum Gasteiger partial charge on any atom is -0.399 e. The molecule has 0 bridgehead atoms. The number of nitrogens with zero attached hydrogens (tertiary/aromatic N) is 1. The molecule has 0 heterocycles. The molecule has 1 rings (SSSR count). The first kappa shape index (κ1) is 13.0. The first-order valence-corrected chi connectivity index (χ1v) is 5.32. The lowest BCUT2D eigenvalue weighted by molar-refractivity contribution is -0.134. The van der Waals surface area contributed by atoms with Crippen LogP contribution in [0, 0.1) is 0 Å². The molecule has 5 nitrogen and oxygen atoms in total. The Balaban J connectivity index is 2.57. The first-order valence-electron chi connectivity index (χ1n) is 5.32. The van der Waals surface area contributed by atoms with Crippen molar-refractivity contribution >= 4 is 17.5 Å². The zero-order chi connectivity index (χ0) is 12.8. The third kappa shape index (κ3) is 4.14. The van der Waals surface area contributed by atoms with E-state index in [4.69, 9.17) is 5.73 Å². The summed E-state index contributed by atoms with van der Waals surface area (Å²) in [6, 6.07) is 7.16. The molecule has 0 unspecified atom stereocenters. The summed E-state index contributed by atoms with van der Waals surface area (Å²) in [5.41, 5.74) is 7.10. The number of amides is 2. The normalized spacial score (nSPS) is 9.76. The van der Waals surface area contributed by atoms with Gasteiger partial charge in [0.05, 0.1) is 13.0 Å². The lowest BCUT2D eigenvalue weighted by Gasteiger charge is -2.16. The number of anilines is 1. The highest BCUT2D eigenvalue weighted by molar-refractivity contribution is 5.85. The number of rotatable bonds is 4. The van der Waals surface area contributed by atoms with Gasteiger partial charge in [0.1, 0.15) is 0 Å². The number of likely N-dealkylation sites (N-methyl/N-ethyl adjacent to an activating group) is 2. The van der Waals surface area contributed by atoms with Gasteiger partial charge in [-0.3, -0.25) is 9.59 Å². The molecular weight excluding hydrogens is 218 g/mol. The predicted octanol–water partition coefficient (Wildman–Crippen LogP) is 0.0157. The summed E-state index contributed by atoms with van der Waals surface area (Å²) in [7, 11) is 3.14. The summed E-state index contributed by atoms with van der Waals surface area (Å²) in [6.45, 7) is 0.0671. The second-order valence-corrected chi connectivity index (χ2v) is 3.84.